The molecule has 2 nitrogen and oxygen atoms in total. The first-order valence-corrected chi connectivity index (χ1v) is 4.77. The normalized spacial score (nSPS) is 15.3. The van der Waals surface area contributed by atoms with Crippen LogP contribution in [0.25, 0.3) is 0 Å². The SMILES string of the molecule is CC[C@@H](C)C[C@H](CC)OC(C)=O. The van der Waals surface area contributed by atoms with Crippen LogP contribution in [0.3, 0.4) is 0 Å². The Morgan fingerprint density at radius 2 is 1.92 bits per heavy atom. The van der Waals surface area contributed by atoms with Gasteiger partial charge in [0.05, 0.1) is 0 Å². The molecule has 0 saturated carbocycles. The number of esters is 1. The summed E-state index contributed by atoms with van der Waals surface area (Å²) in [6.45, 7) is 7.87. The number of hydrogen-bond acceptors (Lipinski definition) is 2. The van der Waals surface area contributed by atoms with Crippen molar-refractivity contribution in [1.29, 1.82) is 0 Å². The van der Waals surface area contributed by atoms with Gasteiger partial charge in [0.2, 0.25) is 0 Å². The maximum absolute atomic E-state index is 10.7. The van der Waals surface area contributed by atoms with Crippen LogP contribution in [0.4, 0.5) is 0 Å². The lowest BCUT2D eigenvalue weighted by Crippen LogP contribution is -2.18. The average molecular weight is 172 g/mol. The minimum absolute atomic E-state index is 0.123. The third kappa shape index (κ3) is 5.16. The fourth-order valence-corrected chi connectivity index (χ4v) is 1.15. The summed E-state index contributed by atoms with van der Waals surface area (Å²) in [5.41, 5.74) is 0. The molecular formula is C10H20O2. The van der Waals surface area contributed by atoms with E-state index in [4.69, 9.17) is 4.74 Å². The molecule has 0 radical (unpaired) electrons. The van der Waals surface area contributed by atoms with Crippen molar-refractivity contribution in [2.45, 2.75) is 53.1 Å². The third-order valence-corrected chi connectivity index (χ3v) is 2.15. The maximum atomic E-state index is 10.7. The van der Waals surface area contributed by atoms with Gasteiger partial charge in [0.1, 0.15) is 6.10 Å². The molecule has 2 heteroatoms. The van der Waals surface area contributed by atoms with Gasteiger partial charge in [-0.1, -0.05) is 27.2 Å². The van der Waals surface area contributed by atoms with Crippen molar-refractivity contribution in [2.24, 2.45) is 5.92 Å². The first-order valence-electron chi connectivity index (χ1n) is 4.77. The summed E-state index contributed by atoms with van der Waals surface area (Å²) >= 11 is 0. The van der Waals surface area contributed by atoms with Gasteiger partial charge in [0.25, 0.3) is 0 Å². The molecule has 12 heavy (non-hydrogen) atoms. The summed E-state index contributed by atoms with van der Waals surface area (Å²) in [4.78, 5) is 10.7. The Morgan fingerprint density at radius 1 is 1.33 bits per heavy atom. The van der Waals surface area contributed by atoms with Crippen molar-refractivity contribution in [3.8, 4) is 0 Å². The van der Waals surface area contributed by atoms with Crippen molar-refractivity contribution >= 4 is 5.97 Å². The van der Waals surface area contributed by atoms with Crippen molar-refractivity contribution in [2.75, 3.05) is 0 Å². The summed E-state index contributed by atoms with van der Waals surface area (Å²) in [6, 6.07) is 0. The van der Waals surface area contributed by atoms with Crippen molar-refractivity contribution in [3.05, 3.63) is 0 Å². The van der Waals surface area contributed by atoms with Gasteiger partial charge < -0.3 is 4.74 Å². The Kier molecular flexibility index (Phi) is 5.77. The van der Waals surface area contributed by atoms with Gasteiger partial charge in [-0.25, -0.2) is 0 Å². The Balaban J connectivity index is 3.74. The maximum Gasteiger partial charge on any atom is 0.302 e. The van der Waals surface area contributed by atoms with Crippen molar-refractivity contribution < 1.29 is 9.53 Å². The highest BCUT2D eigenvalue weighted by molar-refractivity contribution is 5.66. The molecule has 0 aliphatic heterocycles. The first-order chi connectivity index (χ1) is 5.60. The second-order valence-electron chi connectivity index (χ2n) is 3.39. The molecule has 0 aromatic rings. The van der Waals surface area contributed by atoms with E-state index >= 15 is 0 Å². The largest absolute Gasteiger partial charge is 0.463 e. The van der Waals surface area contributed by atoms with Crippen molar-refractivity contribution in [1.82, 2.24) is 0 Å². The van der Waals surface area contributed by atoms with E-state index in [2.05, 4.69) is 20.8 Å². The molecule has 0 aliphatic carbocycles. The zero-order valence-electron chi connectivity index (χ0n) is 8.59. The lowest BCUT2D eigenvalue weighted by Gasteiger charge is -2.18. The van der Waals surface area contributed by atoms with Crippen LogP contribution < -0.4 is 0 Å². The highest BCUT2D eigenvalue weighted by atomic mass is 16.5. The van der Waals surface area contributed by atoms with Crippen LogP contribution >= 0.6 is 0 Å². The van der Waals surface area contributed by atoms with Gasteiger partial charge in [0, 0.05) is 6.92 Å². The summed E-state index contributed by atoms with van der Waals surface area (Å²) in [7, 11) is 0. The molecule has 0 aromatic carbocycles. The van der Waals surface area contributed by atoms with Crippen LogP contribution in [-0.2, 0) is 9.53 Å². The van der Waals surface area contributed by atoms with Gasteiger partial charge in [-0.15, -0.1) is 0 Å². The van der Waals surface area contributed by atoms with Crippen LogP contribution in [0.15, 0.2) is 0 Å². The summed E-state index contributed by atoms with van der Waals surface area (Å²) < 4.78 is 5.13. The standard InChI is InChI=1S/C10H20O2/c1-5-8(3)7-10(6-2)12-9(4)11/h8,10H,5-7H2,1-4H3/t8-,10+/m1/s1. The second kappa shape index (κ2) is 6.04. The number of ether oxygens (including phenoxy) is 1. The van der Waals surface area contributed by atoms with Crippen molar-refractivity contribution in [3.63, 3.8) is 0 Å². The molecular weight excluding hydrogens is 152 g/mol. The van der Waals surface area contributed by atoms with E-state index in [1.165, 1.54) is 6.92 Å². The number of carbonyl (C=O) groups is 1. The van der Waals surface area contributed by atoms with E-state index < -0.39 is 0 Å². The summed E-state index contributed by atoms with van der Waals surface area (Å²) in [5.74, 6) is 0.486. The molecule has 0 bridgehead atoms. The predicted octanol–water partition coefficient (Wildman–Crippen LogP) is 2.76. The van der Waals surface area contributed by atoms with Crippen LogP contribution in [0.5, 0.6) is 0 Å². The van der Waals surface area contributed by atoms with Gasteiger partial charge in [-0.2, -0.15) is 0 Å². The molecule has 0 saturated heterocycles. The monoisotopic (exact) mass is 172 g/mol. The number of carbonyl (C=O) groups excluding carboxylic acids is 1. The average Bonchev–Trinajstić information content (AvgIpc) is 2.02. The minimum Gasteiger partial charge on any atom is -0.463 e. The Labute approximate surface area is 75.3 Å². The highest BCUT2D eigenvalue weighted by Gasteiger charge is 2.12. The van der Waals surface area contributed by atoms with Gasteiger partial charge >= 0.3 is 5.97 Å². The molecule has 0 heterocycles. The zero-order valence-corrected chi connectivity index (χ0v) is 8.59. The Morgan fingerprint density at radius 3 is 2.25 bits per heavy atom. The predicted molar refractivity (Wildman–Crippen MR) is 49.9 cm³/mol. The molecule has 72 valence electrons. The van der Waals surface area contributed by atoms with Gasteiger partial charge in [-0.05, 0) is 18.8 Å². The lowest BCUT2D eigenvalue weighted by molar-refractivity contribution is -0.147. The first kappa shape index (κ1) is 11.5. The Hall–Kier alpha value is -0.530. The molecule has 0 spiro atoms. The van der Waals surface area contributed by atoms with Gasteiger partial charge in [-0.3, -0.25) is 4.79 Å². The van der Waals surface area contributed by atoms with E-state index in [9.17, 15) is 4.79 Å². The third-order valence-electron chi connectivity index (χ3n) is 2.15. The fourth-order valence-electron chi connectivity index (χ4n) is 1.15. The Bertz CT molecular complexity index is 132. The van der Waals surface area contributed by atoms with Crippen LogP contribution in [-0.4, -0.2) is 12.1 Å². The van der Waals surface area contributed by atoms with E-state index in [-0.39, 0.29) is 12.1 Å². The van der Waals surface area contributed by atoms with Crippen LogP contribution in [0.2, 0.25) is 0 Å². The number of hydrogen-bond donors (Lipinski definition) is 0. The highest BCUT2D eigenvalue weighted by Crippen LogP contribution is 2.14. The van der Waals surface area contributed by atoms with Gasteiger partial charge in [0.15, 0.2) is 0 Å². The molecule has 0 fully saturated rings. The zero-order chi connectivity index (χ0) is 9.56. The molecule has 0 aliphatic rings. The summed E-state index contributed by atoms with van der Waals surface area (Å²) in [6.07, 6.45) is 3.19. The van der Waals surface area contributed by atoms with E-state index in [1.807, 2.05) is 0 Å². The molecule has 0 aromatic heterocycles. The lowest BCUT2D eigenvalue weighted by atomic mass is 10.00. The van der Waals surface area contributed by atoms with E-state index in [0.717, 1.165) is 19.3 Å². The molecule has 0 rings (SSSR count). The quantitative estimate of drug-likeness (QED) is 0.596. The van der Waals surface area contributed by atoms with Crippen LogP contribution in [0.1, 0.15) is 47.0 Å². The molecule has 2 atom stereocenters. The van der Waals surface area contributed by atoms with E-state index in [0.29, 0.717) is 5.92 Å². The second-order valence-corrected chi connectivity index (χ2v) is 3.39. The fraction of sp³-hybridized carbons (Fsp3) is 0.900. The molecule has 0 amide bonds. The molecule has 0 N–H and O–H groups in total. The van der Waals surface area contributed by atoms with Crippen LogP contribution in [0, 0.1) is 5.92 Å². The smallest absolute Gasteiger partial charge is 0.302 e. The topological polar surface area (TPSA) is 26.3 Å². The number of rotatable bonds is 5. The van der Waals surface area contributed by atoms with E-state index in [1.54, 1.807) is 0 Å². The molecule has 0 unspecified atom stereocenters. The summed E-state index contributed by atoms with van der Waals surface area (Å²) in [5, 5.41) is 0. The minimum atomic E-state index is -0.162.